The largest absolute Gasteiger partial charge is 0.492 e. The summed E-state index contributed by atoms with van der Waals surface area (Å²) >= 11 is 0. The van der Waals surface area contributed by atoms with Crippen LogP contribution in [0.4, 0.5) is 0 Å². The number of nitrogens with zero attached hydrogens (tertiary/aromatic N) is 2. The molecular weight excluding hydrogens is 284 g/mol. The lowest BCUT2D eigenvalue weighted by Gasteiger charge is -2.55. The number of aliphatic hydroxyl groups is 1. The minimum Gasteiger partial charge on any atom is -0.492 e. The van der Waals surface area contributed by atoms with Crippen LogP contribution in [0.5, 0.6) is 0 Å². The number of Topliss-reactive ketones (excluding diaryl/α,β-unsaturated/α-hetero) is 2. The number of hydrogen-bond donors (Lipinski definition) is 1. The minimum atomic E-state index is -0.652. The molecule has 2 aliphatic heterocycles. The maximum Gasteiger partial charge on any atom is 0.226 e. The van der Waals surface area contributed by atoms with Crippen molar-refractivity contribution in [1.82, 2.24) is 9.80 Å². The van der Waals surface area contributed by atoms with Gasteiger partial charge in [-0.1, -0.05) is 0 Å². The number of piperazine rings is 1. The molecule has 1 aliphatic carbocycles. The molecule has 3 rings (SSSR count). The standard InChI is InChI=1S/C16H22N2O4/c1-7-13(19)9-6-10-16(21)17(3)8(2)12(18(10)4)11(9)14(20)15(7)22-5/h8,10,12,16,21H,6H2,1-5H3/t8-,10?,12?,16-/m0/s1. The molecule has 1 saturated heterocycles. The van der Waals surface area contributed by atoms with E-state index in [1.165, 1.54) is 7.11 Å². The van der Waals surface area contributed by atoms with Crippen LogP contribution >= 0.6 is 0 Å². The lowest BCUT2D eigenvalue weighted by Crippen LogP contribution is -2.69. The van der Waals surface area contributed by atoms with Crippen molar-refractivity contribution in [3.63, 3.8) is 0 Å². The minimum absolute atomic E-state index is 0.0742. The first-order valence-corrected chi connectivity index (χ1v) is 7.50. The highest BCUT2D eigenvalue weighted by atomic mass is 16.5. The van der Waals surface area contributed by atoms with E-state index in [0.717, 1.165) is 0 Å². The Labute approximate surface area is 130 Å². The van der Waals surface area contributed by atoms with Crippen LogP contribution in [0.25, 0.3) is 0 Å². The van der Waals surface area contributed by atoms with Gasteiger partial charge >= 0.3 is 0 Å². The molecule has 0 aromatic rings. The molecule has 120 valence electrons. The van der Waals surface area contributed by atoms with E-state index in [0.29, 0.717) is 23.1 Å². The van der Waals surface area contributed by atoms with E-state index < -0.39 is 6.23 Å². The van der Waals surface area contributed by atoms with E-state index in [2.05, 4.69) is 0 Å². The second kappa shape index (κ2) is 5.01. The lowest BCUT2D eigenvalue weighted by molar-refractivity contribution is -0.135. The van der Waals surface area contributed by atoms with Crippen LogP contribution in [-0.2, 0) is 14.3 Å². The Bertz CT molecular complexity index is 622. The zero-order valence-electron chi connectivity index (χ0n) is 13.6. The second-order valence-corrected chi connectivity index (χ2v) is 6.41. The Hall–Kier alpha value is -1.50. The second-order valence-electron chi connectivity index (χ2n) is 6.41. The van der Waals surface area contributed by atoms with Crippen molar-refractivity contribution in [2.24, 2.45) is 0 Å². The summed E-state index contributed by atoms with van der Waals surface area (Å²) in [7, 11) is 5.17. The van der Waals surface area contributed by atoms with Gasteiger partial charge in [0.05, 0.1) is 19.2 Å². The van der Waals surface area contributed by atoms with Crippen LogP contribution in [0.2, 0.25) is 0 Å². The summed E-state index contributed by atoms with van der Waals surface area (Å²) in [6.07, 6.45) is -0.263. The van der Waals surface area contributed by atoms with Gasteiger partial charge in [-0.3, -0.25) is 19.4 Å². The molecule has 0 saturated carbocycles. The first kappa shape index (κ1) is 15.4. The number of carbonyl (C=O) groups is 2. The average molecular weight is 306 g/mol. The zero-order chi connectivity index (χ0) is 16.3. The van der Waals surface area contributed by atoms with E-state index in [-0.39, 0.29) is 35.5 Å². The number of ether oxygens (including phenoxy) is 1. The van der Waals surface area contributed by atoms with Gasteiger partial charge in [-0.15, -0.1) is 0 Å². The highest BCUT2D eigenvalue weighted by Gasteiger charge is 2.52. The summed E-state index contributed by atoms with van der Waals surface area (Å²) in [5.41, 5.74) is 1.46. The van der Waals surface area contributed by atoms with Crippen molar-refractivity contribution in [3.05, 3.63) is 22.5 Å². The lowest BCUT2D eigenvalue weighted by atomic mass is 9.74. The molecule has 2 heterocycles. The Balaban J connectivity index is 2.16. The van der Waals surface area contributed by atoms with Gasteiger partial charge in [-0.05, 0) is 34.4 Å². The third-order valence-electron chi connectivity index (χ3n) is 5.47. The Morgan fingerprint density at radius 2 is 1.82 bits per heavy atom. The van der Waals surface area contributed by atoms with E-state index >= 15 is 0 Å². The summed E-state index contributed by atoms with van der Waals surface area (Å²) in [5, 5.41) is 10.5. The van der Waals surface area contributed by atoms with Crippen molar-refractivity contribution >= 4 is 11.6 Å². The van der Waals surface area contributed by atoms with Crippen LogP contribution in [0.15, 0.2) is 22.5 Å². The first-order valence-electron chi connectivity index (χ1n) is 7.50. The summed E-state index contributed by atoms with van der Waals surface area (Å²) in [4.78, 5) is 29.4. The topological polar surface area (TPSA) is 70.1 Å². The molecule has 3 aliphatic rings. The van der Waals surface area contributed by atoms with Crippen molar-refractivity contribution < 1.29 is 19.4 Å². The van der Waals surface area contributed by atoms with Crippen molar-refractivity contribution in [3.8, 4) is 0 Å². The first-order chi connectivity index (χ1) is 10.3. The average Bonchev–Trinajstić information content (AvgIpc) is 2.49. The summed E-state index contributed by atoms with van der Waals surface area (Å²) in [5.74, 6) is -0.170. The van der Waals surface area contributed by atoms with Crippen LogP contribution in [-0.4, -0.2) is 72.0 Å². The van der Waals surface area contributed by atoms with Gasteiger partial charge in [-0.2, -0.15) is 0 Å². The third-order valence-corrected chi connectivity index (χ3v) is 5.47. The molecule has 1 fully saturated rings. The van der Waals surface area contributed by atoms with Crippen molar-refractivity contribution in [1.29, 1.82) is 0 Å². The molecule has 6 nitrogen and oxygen atoms in total. The SMILES string of the molecule is COC1=C(C)C(=O)C2=C(C1=O)C1[C@H](C)N(C)[C@@H](O)C(C2)N1C. The monoisotopic (exact) mass is 306 g/mol. The molecular formula is C16H22N2O4. The van der Waals surface area contributed by atoms with Crippen LogP contribution < -0.4 is 0 Å². The Morgan fingerprint density at radius 3 is 2.41 bits per heavy atom. The zero-order valence-corrected chi connectivity index (χ0v) is 13.6. The van der Waals surface area contributed by atoms with Gasteiger partial charge in [0, 0.05) is 22.8 Å². The van der Waals surface area contributed by atoms with Gasteiger partial charge < -0.3 is 9.84 Å². The highest BCUT2D eigenvalue weighted by Crippen LogP contribution is 2.41. The smallest absolute Gasteiger partial charge is 0.226 e. The Morgan fingerprint density at radius 1 is 1.18 bits per heavy atom. The van der Waals surface area contributed by atoms with Crippen LogP contribution in [0.1, 0.15) is 20.3 Å². The number of fused-ring (bicyclic) bond motifs is 3. The fourth-order valence-corrected chi connectivity index (χ4v) is 4.04. The van der Waals surface area contributed by atoms with E-state index in [4.69, 9.17) is 4.74 Å². The highest BCUT2D eigenvalue weighted by molar-refractivity contribution is 6.25. The van der Waals surface area contributed by atoms with Gasteiger partial charge in [-0.25, -0.2) is 0 Å². The summed E-state index contributed by atoms with van der Waals surface area (Å²) in [6.45, 7) is 3.59. The third kappa shape index (κ3) is 1.77. The van der Waals surface area contributed by atoms with E-state index in [1.54, 1.807) is 6.92 Å². The number of likely N-dealkylation sites (N-methyl/N-ethyl adjacent to an activating group) is 2. The molecule has 0 aromatic heterocycles. The molecule has 0 aromatic carbocycles. The molecule has 22 heavy (non-hydrogen) atoms. The summed E-state index contributed by atoms with van der Waals surface area (Å²) < 4.78 is 5.18. The Kier molecular flexibility index (Phi) is 3.51. The fourth-order valence-electron chi connectivity index (χ4n) is 4.04. The van der Waals surface area contributed by atoms with Crippen LogP contribution in [0.3, 0.4) is 0 Å². The predicted molar refractivity (Wildman–Crippen MR) is 79.9 cm³/mol. The number of methoxy groups -OCH3 is 1. The van der Waals surface area contributed by atoms with Crippen LogP contribution in [0, 0.1) is 0 Å². The molecule has 0 spiro atoms. The van der Waals surface area contributed by atoms with Gasteiger partial charge in [0.25, 0.3) is 0 Å². The quantitative estimate of drug-likeness (QED) is 0.692. The number of allylic oxidation sites excluding steroid dienone is 2. The molecule has 2 unspecified atom stereocenters. The molecule has 1 N–H and O–H groups in total. The fraction of sp³-hybridized carbons (Fsp3) is 0.625. The molecule has 0 radical (unpaired) electrons. The van der Waals surface area contributed by atoms with Gasteiger partial charge in [0.1, 0.15) is 6.23 Å². The molecule has 6 heteroatoms. The molecule has 4 atom stereocenters. The maximum absolute atomic E-state index is 12.8. The van der Waals surface area contributed by atoms with E-state index in [1.807, 2.05) is 30.8 Å². The number of aliphatic hydroxyl groups excluding tert-OH is 1. The normalized spacial score (nSPS) is 36.8. The number of rotatable bonds is 1. The summed E-state index contributed by atoms with van der Waals surface area (Å²) in [6, 6.07) is -0.467. The number of hydrogen-bond acceptors (Lipinski definition) is 6. The molecule has 0 amide bonds. The van der Waals surface area contributed by atoms with Gasteiger partial charge in [0.15, 0.2) is 11.5 Å². The number of carbonyl (C=O) groups excluding carboxylic acids is 2. The maximum atomic E-state index is 12.8. The van der Waals surface area contributed by atoms with E-state index in [9.17, 15) is 14.7 Å². The van der Waals surface area contributed by atoms with Crippen molar-refractivity contribution in [2.45, 2.75) is 44.6 Å². The predicted octanol–water partition coefficient (Wildman–Crippen LogP) is 0.0802. The van der Waals surface area contributed by atoms with Gasteiger partial charge in [0.2, 0.25) is 5.78 Å². The molecule has 2 bridgehead atoms. The number of ketones is 2. The van der Waals surface area contributed by atoms with Crippen molar-refractivity contribution in [2.75, 3.05) is 21.2 Å².